The van der Waals surface area contributed by atoms with Gasteiger partial charge >= 0.3 is 0 Å². The van der Waals surface area contributed by atoms with Gasteiger partial charge in [-0.05, 0) is 13.0 Å². The lowest BCUT2D eigenvalue weighted by molar-refractivity contribution is -0.0508. The number of aliphatic hydroxyl groups is 3. The van der Waals surface area contributed by atoms with E-state index in [-0.39, 0.29) is 6.61 Å². The van der Waals surface area contributed by atoms with Gasteiger partial charge in [0.1, 0.15) is 23.8 Å². The number of nitrogens with two attached hydrogens (primary N) is 1. The highest BCUT2D eigenvalue weighted by atomic mass is 16.6. The fourth-order valence-corrected chi connectivity index (χ4v) is 2.50. The molecule has 4 atom stereocenters. The Labute approximate surface area is 114 Å². The maximum Gasteiger partial charge on any atom is 0.164 e. The van der Waals surface area contributed by atoms with E-state index in [2.05, 4.69) is 9.97 Å². The number of aryl methyl sites for hydroxylation is 1. The van der Waals surface area contributed by atoms with Gasteiger partial charge in [0.05, 0.1) is 18.5 Å². The van der Waals surface area contributed by atoms with Gasteiger partial charge in [-0.1, -0.05) is 0 Å². The molecule has 1 aliphatic heterocycles. The van der Waals surface area contributed by atoms with E-state index in [0.717, 1.165) is 0 Å². The van der Waals surface area contributed by atoms with Crippen molar-refractivity contribution in [2.24, 2.45) is 0 Å². The molecular formula is C12H16N4O4. The van der Waals surface area contributed by atoms with Gasteiger partial charge in [0.2, 0.25) is 0 Å². The molecule has 0 aliphatic carbocycles. The van der Waals surface area contributed by atoms with Crippen LogP contribution in [0.25, 0.3) is 11.0 Å². The molecule has 3 rings (SSSR count). The van der Waals surface area contributed by atoms with E-state index in [1.807, 2.05) is 0 Å². The summed E-state index contributed by atoms with van der Waals surface area (Å²) in [5.74, 6) is 0.297. The second-order valence-corrected chi connectivity index (χ2v) is 4.90. The smallest absolute Gasteiger partial charge is 0.164 e. The summed E-state index contributed by atoms with van der Waals surface area (Å²) in [4.78, 5) is 8.27. The second-order valence-electron chi connectivity index (χ2n) is 4.90. The molecule has 8 heteroatoms. The average Bonchev–Trinajstić information content (AvgIpc) is 2.93. The molecule has 0 aromatic carbocycles. The Morgan fingerprint density at radius 3 is 2.80 bits per heavy atom. The highest BCUT2D eigenvalue weighted by Crippen LogP contribution is 2.32. The number of nitrogen functional groups attached to an aromatic ring is 1. The molecule has 5 N–H and O–H groups in total. The minimum absolute atomic E-state index is 0.297. The van der Waals surface area contributed by atoms with Crippen molar-refractivity contribution >= 4 is 16.9 Å². The monoisotopic (exact) mass is 280 g/mol. The lowest BCUT2D eigenvalue weighted by atomic mass is 10.1. The molecule has 20 heavy (non-hydrogen) atoms. The molecule has 0 radical (unpaired) electrons. The van der Waals surface area contributed by atoms with E-state index in [0.29, 0.717) is 22.5 Å². The molecule has 2 aromatic heterocycles. The number of fused-ring (bicyclic) bond motifs is 1. The van der Waals surface area contributed by atoms with Gasteiger partial charge in [0, 0.05) is 5.69 Å². The number of nitrogens with zero attached hydrogens (tertiary/aromatic N) is 3. The van der Waals surface area contributed by atoms with Gasteiger partial charge in [-0.3, -0.25) is 0 Å². The molecule has 0 spiro atoms. The molecule has 8 nitrogen and oxygen atoms in total. The summed E-state index contributed by atoms with van der Waals surface area (Å²) < 4.78 is 7.07. The number of aromatic nitrogens is 3. The number of ether oxygens (including phenoxy) is 1. The number of hydrogen-bond donors (Lipinski definition) is 4. The van der Waals surface area contributed by atoms with Crippen LogP contribution in [0, 0.1) is 6.92 Å². The summed E-state index contributed by atoms with van der Waals surface area (Å²) in [5.41, 5.74) is 7.68. The lowest BCUT2D eigenvalue weighted by Gasteiger charge is -2.17. The summed E-state index contributed by atoms with van der Waals surface area (Å²) >= 11 is 0. The minimum Gasteiger partial charge on any atom is -0.394 e. The van der Waals surface area contributed by atoms with Gasteiger partial charge in [0.15, 0.2) is 12.0 Å². The molecular weight excluding hydrogens is 264 g/mol. The van der Waals surface area contributed by atoms with Gasteiger partial charge < -0.3 is 30.4 Å². The predicted octanol–water partition coefficient (Wildman–Crippen LogP) is -1.07. The summed E-state index contributed by atoms with van der Waals surface area (Å²) in [6.07, 6.45) is -2.48. The Hall–Kier alpha value is -1.74. The molecule has 3 heterocycles. The molecule has 0 saturated carbocycles. The van der Waals surface area contributed by atoms with Gasteiger partial charge in [-0.25, -0.2) is 9.97 Å². The molecule has 1 aliphatic rings. The Morgan fingerprint density at radius 2 is 2.15 bits per heavy atom. The zero-order chi connectivity index (χ0) is 14.4. The Morgan fingerprint density at radius 1 is 1.40 bits per heavy atom. The van der Waals surface area contributed by atoms with E-state index in [4.69, 9.17) is 15.6 Å². The highest BCUT2D eigenvalue weighted by molar-refractivity contribution is 5.85. The topological polar surface area (TPSA) is 127 Å². The van der Waals surface area contributed by atoms with Crippen molar-refractivity contribution in [3.63, 3.8) is 0 Å². The fourth-order valence-electron chi connectivity index (χ4n) is 2.50. The third-order valence-corrected chi connectivity index (χ3v) is 3.51. The Kier molecular flexibility index (Phi) is 3.09. The zero-order valence-corrected chi connectivity index (χ0v) is 10.8. The first-order chi connectivity index (χ1) is 9.52. The van der Waals surface area contributed by atoms with Crippen LogP contribution in [0.3, 0.4) is 0 Å². The highest BCUT2D eigenvalue weighted by Gasteiger charge is 2.43. The Bertz CT molecular complexity index is 644. The predicted molar refractivity (Wildman–Crippen MR) is 69.7 cm³/mol. The Balaban J connectivity index is 2.07. The fraction of sp³-hybridized carbons (Fsp3) is 0.500. The quantitative estimate of drug-likeness (QED) is 0.552. The van der Waals surface area contributed by atoms with Crippen LogP contribution in [-0.2, 0) is 4.74 Å². The van der Waals surface area contributed by atoms with Crippen molar-refractivity contribution in [1.29, 1.82) is 0 Å². The van der Waals surface area contributed by atoms with Crippen LogP contribution in [0.2, 0.25) is 0 Å². The van der Waals surface area contributed by atoms with Crippen molar-refractivity contribution in [2.75, 3.05) is 12.3 Å². The van der Waals surface area contributed by atoms with E-state index in [1.165, 1.54) is 6.33 Å². The van der Waals surface area contributed by atoms with Crippen LogP contribution in [0.15, 0.2) is 12.4 Å². The summed E-state index contributed by atoms with van der Waals surface area (Å²) in [5, 5.41) is 29.0. The molecule has 108 valence electrons. The van der Waals surface area contributed by atoms with Crippen LogP contribution >= 0.6 is 0 Å². The zero-order valence-electron chi connectivity index (χ0n) is 10.8. The van der Waals surface area contributed by atoms with E-state index in [1.54, 1.807) is 17.6 Å². The minimum atomic E-state index is -1.15. The van der Waals surface area contributed by atoms with E-state index < -0.39 is 24.5 Å². The number of imidazole rings is 1. The average molecular weight is 280 g/mol. The molecule has 0 bridgehead atoms. The van der Waals surface area contributed by atoms with Crippen LogP contribution in [0.5, 0.6) is 0 Å². The molecule has 4 unspecified atom stereocenters. The van der Waals surface area contributed by atoms with E-state index in [9.17, 15) is 10.2 Å². The molecule has 1 fully saturated rings. The van der Waals surface area contributed by atoms with Crippen molar-refractivity contribution in [3.8, 4) is 0 Å². The number of pyridine rings is 1. The normalized spacial score (nSPS) is 30.2. The molecule has 2 aromatic rings. The number of aliphatic hydroxyl groups excluding tert-OH is 3. The standard InChI is InChI=1S/C12H16N4O4/c1-5-2-6-8(11(13)15-5)14-4-16(6)12-10(19)9(18)7(3-17)20-12/h2,4,7,9-10,12,17-19H,3H2,1H3,(H2,13,15). The van der Waals surface area contributed by atoms with Crippen molar-refractivity contribution in [3.05, 3.63) is 18.1 Å². The lowest BCUT2D eigenvalue weighted by Crippen LogP contribution is -2.33. The van der Waals surface area contributed by atoms with Crippen molar-refractivity contribution < 1.29 is 20.1 Å². The maximum atomic E-state index is 10.0. The number of anilines is 1. The third kappa shape index (κ3) is 1.85. The van der Waals surface area contributed by atoms with Crippen LogP contribution < -0.4 is 5.73 Å². The molecule has 0 amide bonds. The van der Waals surface area contributed by atoms with Gasteiger partial charge in [0.25, 0.3) is 0 Å². The second kappa shape index (κ2) is 4.67. The van der Waals surface area contributed by atoms with Crippen LogP contribution in [0.1, 0.15) is 11.9 Å². The number of rotatable bonds is 2. The summed E-state index contributed by atoms with van der Waals surface area (Å²) in [6, 6.07) is 1.77. The van der Waals surface area contributed by atoms with Crippen molar-refractivity contribution in [1.82, 2.24) is 14.5 Å². The van der Waals surface area contributed by atoms with Crippen molar-refractivity contribution in [2.45, 2.75) is 31.5 Å². The first kappa shape index (κ1) is 13.3. The maximum absolute atomic E-state index is 10.0. The largest absolute Gasteiger partial charge is 0.394 e. The SMILES string of the molecule is Cc1cc2c(ncn2C2OC(CO)C(O)C2O)c(N)n1. The van der Waals surface area contributed by atoms with Gasteiger partial charge in [-0.2, -0.15) is 0 Å². The van der Waals surface area contributed by atoms with E-state index >= 15 is 0 Å². The number of hydrogen-bond acceptors (Lipinski definition) is 7. The molecule has 1 saturated heterocycles. The summed E-state index contributed by atoms with van der Waals surface area (Å²) in [6.45, 7) is 1.43. The first-order valence-corrected chi connectivity index (χ1v) is 6.25. The van der Waals surface area contributed by atoms with Crippen LogP contribution in [-0.4, -0.2) is 54.8 Å². The van der Waals surface area contributed by atoms with Gasteiger partial charge in [-0.15, -0.1) is 0 Å². The van der Waals surface area contributed by atoms with Crippen LogP contribution in [0.4, 0.5) is 5.82 Å². The third-order valence-electron chi connectivity index (χ3n) is 3.51. The summed E-state index contributed by atoms with van der Waals surface area (Å²) in [7, 11) is 0. The first-order valence-electron chi connectivity index (χ1n) is 6.25.